The van der Waals surface area contributed by atoms with E-state index in [1.165, 1.54) is 0 Å². The van der Waals surface area contributed by atoms with Crippen molar-refractivity contribution >= 4 is 23.7 Å². The van der Waals surface area contributed by atoms with E-state index in [1.807, 2.05) is 19.9 Å². The highest BCUT2D eigenvalue weighted by molar-refractivity contribution is 7.96. The lowest BCUT2D eigenvalue weighted by Crippen LogP contribution is -2.42. The van der Waals surface area contributed by atoms with E-state index in [9.17, 15) is 9.59 Å². The summed E-state index contributed by atoms with van der Waals surface area (Å²) in [6.07, 6.45) is 0. The molecule has 0 bridgehead atoms. The maximum Gasteiger partial charge on any atom is 0.276 e. The van der Waals surface area contributed by atoms with E-state index < -0.39 is 11.3 Å². The molecule has 3 nitrogen and oxygen atoms in total. The second-order valence-electron chi connectivity index (χ2n) is 3.90. The molecule has 86 valence electrons. The molecule has 1 rings (SSSR count). The van der Waals surface area contributed by atoms with Gasteiger partial charge in [-0.25, -0.2) is 0 Å². The number of rotatable bonds is 4. The standard InChI is InChI=1S/C12H15NO2S/c1-8(2)10(13-12(15)16)11(14)9-6-4-3-5-7-9/h3-8,10H,1-2H3,(H2,13,15,16)/t10-/m1/s1. The minimum Gasteiger partial charge on any atom is -0.337 e. The maximum absolute atomic E-state index is 12.1. The predicted octanol–water partition coefficient (Wildman–Crippen LogP) is 2.53. The molecular formula is C12H15NO2S. The number of carbonyl (C=O) groups excluding carboxylic acids is 2. The van der Waals surface area contributed by atoms with Crippen molar-refractivity contribution in [3.05, 3.63) is 35.9 Å². The third kappa shape index (κ3) is 3.38. The summed E-state index contributed by atoms with van der Waals surface area (Å²) < 4.78 is 0. The first kappa shape index (κ1) is 12.8. The molecule has 1 atom stereocenters. The minimum atomic E-state index is -0.521. The van der Waals surface area contributed by atoms with Gasteiger partial charge in [-0.2, -0.15) is 0 Å². The summed E-state index contributed by atoms with van der Waals surface area (Å²) in [5.74, 6) is -0.0539. The highest BCUT2D eigenvalue weighted by atomic mass is 32.1. The van der Waals surface area contributed by atoms with E-state index in [2.05, 4.69) is 17.9 Å². The Labute approximate surface area is 101 Å². The SMILES string of the molecule is CC(C)[C@@H](NC(=O)S)C(=O)c1ccccc1. The highest BCUT2D eigenvalue weighted by Crippen LogP contribution is 2.10. The summed E-state index contributed by atoms with van der Waals surface area (Å²) in [4.78, 5) is 23.0. The van der Waals surface area contributed by atoms with Gasteiger partial charge in [-0.3, -0.25) is 9.59 Å². The molecule has 0 aliphatic rings. The Morgan fingerprint density at radius 1 is 1.19 bits per heavy atom. The zero-order valence-electron chi connectivity index (χ0n) is 9.31. The number of ketones is 1. The summed E-state index contributed by atoms with van der Waals surface area (Å²) >= 11 is 3.64. The van der Waals surface area contributed by atoms with Crippen LogP contribution < -0.4 is 5.32 Å². The van der Waals surface area contributed by atoms with Crippen molar-refractivity contribution in [2.45, 2.75) is 19.9 Å². The van der Waals surface area contributed by atoms with E-state index >= 15 is 0 Å². The van der Waals surface area contributed by atoms with Crippen LogP contribution in [0.3, 0.4) is 0 Å². The number of hydrogen-bond acceptors (Lipinski definition) is 2. The minimum absolute atomic E-state index is 0.0313. The molecule has 4 heteroatoms. The number of benzene rings is 1. The normalized spacial score (nSPS) is 12.2. The maximum atomic E-state index is 12.1. The average Bonchev–Trinajstić information content (AvgIpc) is 2.25. The zero-order chi connectivity index (χ0) is 12.1. The summed E-state index contributed by atoms with van der Waals surface area (Å²) in [7, 11) is 0. The molecule has 0 saturated heterocycles. The molecule has 1 N–H and O–H groups in total. The fourth-order valence-corrected chi connectivity index (χ4v) is 1.59. The molecule has 0 unspecified atom stereocenters. The molecule has 1 aromatic carbocycles. The number of amides is 1. The quantitative estimate of drug-likeness (QED) is 0.624. The van der Waals surface area contributed by atoms with E-state index in [1.54, 1.807) is 24.3 Å². The Morgan fingerprint density at radius 3 is 2.19 bits per heavy atom. The van der Waals surface area contributed by atoms with Gasteiger partial charge < -0.3 is 5.32 Å². The van der Waals surface area contributed by atoms with Crippen molar-refractivity contribution in [2.75, 3.05) is 0 Å². The van der Waals surface area contributed by atoms with Gasteiger partial charge in [0.2, 0.25) is 0 Å². The van der Waals surface area contributed by atoms with Crippen LogP contribution in [0.2, 0.25) is 0 Å². The van der Waals surface area contributed by atoms with Crippen LogP contribution in [0, 0.1) is 5.92 Å². The van der Waals surface area contributed by atoms with Gasteiger partial charge in [0.1, 0.15) is 0 Å². The zero-order valence-corrected chi connectivity index (χ0v) is 10.2. The predicted molar refractivity (Wildman–Crippen MR) is 66.9 cm³/mol. The van der Waals surface area contributed by atoms with Crippen LogP contribution in [-0.2, 0) is 0 Å². The van der Waals surface area contributed by atoms with Gasteiger partial charge in [-0.15, -0.1) is 0 Å². The van der Waals surface area contributed by atoms with Crippen molar-refractivity contribution < 1.29 is 9.59 Å². The molecule has 0 heterocycles. The molecule has 0 saturated carbocycles. The van der Waals surface area contributed by atoms with Crippen molar-refractivity contribution in [3.63, 3.8) is 0 Å². The lowest BCUT2D eigenvalue weighted by atomic mass is 9.95. The first-order chi connectivity index (χ1) is 7.52. The van der Waals surface area contributed by atoms with E-state index in [0.29, 0.717) is 5.56 Å². The second-order valence-corrected chi connectivity index (χ2v) is 4.31. The summed E-state index contributed by atoms with van der Waals surface area (Å²) in [5, 5.41) is 2.07. The second kappa shape index (κ2) is 5.70. The number of thiol groups is 1. The largest absolute Gasteiger partial charge is 0.337 e. The molecular weight excluding hydrogens is 222 g/mol. The molecule has 0 aliphatic carbocycles. The Morgan fingerprint density at radius 2 is 1.75 bits per heavy atom. The topological polar surface area (TPSA) is 46.2 Å². The van der Waals surface area contributed by atoms with Gasteiger partial charge >= 0.3 is 0 Å². The molecule has 16 heavy (non-hydrogen) atoms. The smallest absolute Gasteiger partial charge is 0.276 e. The van der Waals surface area contributed by atoms with Crippen LogP contribution in [0.5, 0.6) is 0 Å². The third-order valence-corrected chi connectivity index (χ3v) is 2.42. The Hall–Kier alpha value is -1.29. The van der Waals surface area contributed by atoms with Gasteiger partial charge in [0, 0.05) is 5.56 Å². The first-order valence-electron chi connectivity index (χ1n) is 5.11. The third-order valence-electron chi connectivity index (χ3n) is 2.29. The van der Waals surface area contributed by atoms with Gasteiger partial charge in [-0.1, -0.05) is 56.8 Å². The van der Waals surface area contributed by atoms with Crippen LogP contribution in [0.4, 0.5) is 4.79 Å². The Bertz CT molecular complexity index is 376. The molecule has 0 spiro atoms. The fourth-order valence-electron chi connectivity index (χ4n) is 1.45. The van der Waals surface area contributed by atoms with Crippen LogP contribution in [0.1, 0.15) is 24.2 Å². The summed E-state index contributed by atoms with van der Waals surface area (Å²) in [5.41, 5.74) is 0.600. The van der Waals surface area contributed by atoms with Gasteiger partial charge in [0.05, 0.1) is 6.04 Å². The van der Waals surface area contributed by atoms with Crippen molar-refractivity contribution in [1.82, 2.24) is 5.32 Å². The molecule has 0 radical (unpaired) electrons. The molecule has 0 fully saturated rings. The van der Waals surface area contributed by atoms with E-state index in [-0.39, 0.29) is 11.7 Å². The lowest BCUT2D eigenvalue weighted by Gasteiger charge is -2.19. The van der Waals surface area contributed by atoms with Crippen LogP contribution in [0.25, 0.3) is 0 Å². The number of carbonyl (C=O) groups is 2. The van der Waals surface area contributed by atoms with Gasteiger partial charge in [0.15, 0.2) is 5.78 Å². The van der Waals surface area contributed by atoms with Crippen molar-refractivity contribution in [1.29, 1.82) is 0 Å². The monoisotopic (exact) mass is 237 g/mol. The van der Waals surface area contributed by atoms with Crippen LogP contribution in [-0.4, -0.2) is 17.1 Å². The fraction of sp³-hybridized carbons (Fsp3) is 0.333. The van der Waals surface area contributed by atoms with Gasteiger partial charge in [0.25, 0.3) is 5.24 Å². The first-order valence-corrected chi connectivity index (χ1v) is 5.56. The highest BCUT2D eigenvalue weighted by Gasteiger charge is 2.23. The summed E-state index contributed by atoms with van der Waals surface area (Å²) in [6.45, 7) is 3.77. The van der Waals surface area contributed by atoms with Gasteiger partial charge in [-0.05, 0) is 5.92 Å². The molecule has 0 aliphatic heterocycles. The number of Topliss-reactive ketones (excluding diaryl/α,β-unsaturated/α-hetero) is 1. The number of hydrogen-bond donors (Lipinski definition) is 2. The Kier molecular flexibility index (Phi) is 4.55. The summed E-state index contributed by atoms with van der Waals surface area (Å²) in [6, 6.07) is 8.40. The molecule has 0 aromatic heterocycles. The molecule has 1 amide bonds. The Balaban J connectivity index is 2.88. The van der Waals surface area contributed by atoms with E-state index in [0.717, 1.165) is 0 Å². The average molecular weight is 237 g/mol. The van der Waals surface area contributed by atoms with Crippen LogP contribution >= 0.6 is 12.6 Å². The van der Waals surface area contributed by atoms with Crippen molar-refractivity contribution in [2.24, 2.45) is 5.92 Å². The lowest BCUT2D eigenvalue weighted by molar-refractivity contribution is 0.0924. The van der Waals surface area contributed by atoms with E-state index in [4.69, 9.17) is 0 Å². The van der Waals surface area contributed by atoms with Crippen LogP contribution in [0.15, 0.2) is 30.3 Å². The number of nitrogens with one attached hydrogen (secondary N) is 1. The molecule has 1 aromatic rings. The van der Waals surface area contributed by atoms with Crippen molar-refractivity contribution in [3.8, 4) is 0 Å².